The molecular formula is C39H34FN3O6S. The maximum absolute atomic E-state index is 13.9. The first-order valence-electron chi connectivity index (χ1n) is 15.4. The van der Waals surface area contributed by atoms with E-state index in [1.807, 2.05) is 36.4 Å². The van der Waals surface area contributed by atoms with Gasteiger partial charge in [0.1, 0.15) is 22.5 Å². The van der Waals surface area contributed by atoms with Crippen LogP contribution in [-0.2, 0) is 9.59 Å². The van der Waals surface area contributed by atoms with Crippen molar-refractivity contribution in [2.24, 2.45) is 0 Å². The Hall–Kier alpha value is -6.07. The van der Waals surface area contributed by atoms with Gasteiger partial charge in [-0.15, -0.1) is 11.8 Å². The smallest absolute Gasteiger partial charge is 0.272 e. The van der Waals surface area contributed by atoms with Gasteiger partial charge in [0, 0.05) is 33.5 Å². The summed E-state index contributed by atoms with van der Waals surface area (Å²) in [6, 6.07) is 33.6. The molecule has 0 fully saturated rings. The molecule has 0 spiro atoms. The van der Waals surface area contributed by atoms with Crippen LogP contribution in [0, 0.1) is 5.82 Å². The predicted molar refractivity (Wildman–Crippen MR) is 193 cm³/mol. The topological polar surface area (TPSA) is 115 Å². The van der Waals surface area contributed by atoms with Gasteiger partial charge in [0.2, 0.25) is 5.91 Å². The molecule has 0 aromatic heterocycles. The lowest BCUT2D eigenvalue weighted by Crippen LogP contribution is -2.30. The van der Waals surface area contributed by atoms with E-state index < -0.39 is 22.9 Å². The molecule has 9 nitrogen and oxygen atoms in total. The van der Waals surface area contributed by atoms with E-state index in [2.05, 4.69) is 16.0 Å². The van der Waals surface area contributed by atoms with Gasteiger partial charge in [-0.05, 0) is 72.3 Å². The summed E-state index contributed by atoms with van der Waals surface area (Å²) >= 11 is 1.28. The van der Waals surface area contributed by atoms with Gasteiger partial charge in [-0.1, -0.05) is 54.6 Å². The quantitative estimate of drug-likeness (QED) is 0.0855. The van der Waals surface area contributed by atoms with E-state index in [-0.39, 0.29) is 11.6 Å². The number of carbonyl (C=O) groups is 3. The van der Waals surface area contributed by atoms with Crippen LogP contribution >= 0.6 is 11.8 Å². The van der Waals surface area contributed by atoms with Crippen LogP contribution in [0.15, 0.2) is 132 Å². The number of benzene rings is 5. The van der Waals surface area contributed by atoms with Crippen LogP contribution in [0.1, 0.15) is 26.7 Å². The van der Waals surface area contributed by atoms with Gasteiger partial charge in [-0.2, -0.15) is 0 Å². The molecule has 1 unspecified atom stereocenters. The van der Waals surface area contributed by atoms with Crippen LogP contribution < -0.4 is 30.2 Å². The standard InChI is InChI=1S/C39H34FN3O6S/c1-47-33-24-35(49-3)34(48-2)22-27(33)21-32(43-37(44)26-13-8-5-9-14-26)38(45)42-30-15-10-16-31(23-30)50-36(25-11-6-4-7-12-25)39(46)41-29-19-17-28(40)18-20-29/h4-24,36H,1-3H3,(H,41,46)(H,42,45)(H,43,44)/b32-21+. The average Bonchev–Trinajstić information content (AvgIpc) is 3.15. The van der Waals surface area contributed by atoms with E-state index in [4.69, 9.17) is 14.2 Å². The zero-order valence-electron chi connectivity index (χ0n) is 27.4. The molecule has 50 heavy (non-hydrogen) atoms. The number of halogens is 1. The van der Waals surface area contributed by atoms with Crippen molar-refractivity contribution in [2.75, 3.05) is 32.0 Å². The number of anilines is 2. The third kappa shape index (κ3) is 9.09. The molecule has 0 heterocycles. The Morgan fingerprint density at radius 2 is 1.32 bits per heavy atom. The second-order valence-corrected chi connectivity index (χ2v) is 11.9. The highest BCUT2D eigenvalue weighted by Gasteiger charge is 2.23. The lowest BCUT2D eigenvalue weighted by Gasteiger charge is -2.18. The lowest BCUT2D eigenvalue weighted by molar-refractivity contribution is -0.116. The molecule has 0 radical (unpaired) electrons. The van der Waals surface area contributed by atoms with Crippen LogP contribution in [0.5, 0.6) is 17.2 Å². The maximum Gasteiger partial charge on any atom is 0.272 e. The van der Waals surface area contributed by atoms with Crippen LogP contribution in [-0.4, -0.2) is 39.1 Å². The van der Waals surface area contributed by atoms with Crippen LogP contribution in [0.25, 0.3) is 6.08 Å². The van der Waals surface area contributed by atoms with Gasteiger partial charge in [0.15, 0.2) is 11.5 Å². The summed E-state index contributed by atoms with van der Waals surface area (Å²) in [4.78, 5) is 41.3. The Balaban J connectivity index is 1.43. The van der Waals surface area contributed by atoms with Gasteiger partial charge in [0.05, 0.1) is 21.3 Å². The molecule has 1 atom stereocenters. The van der Waals surface area contributed by atoms with E-state index in [0.717, 1.165) is 5.56 Å². The summed E-state index contributed by atoms with van der Waals surface area (Å²) in [5, 5.41) is 7.78. The number of ether oxygens (including phenoxy) is 3. The molecule has 0 bridgehead atoms. The lowest BCUT2D eigenvalue weighted by atomic mass is 10.1. The molecular weight excluding hydrogens is 658 g/mol. The summed E-state index contributed by atoms with van der Waals surface area (Å²) in [7, 11) is 4.47. The Morgan fingerprint density at radius 3 is 1.98 bits per heavy atom. The molecule has 0 aliphatic rings. The number of hydrogen-bond donors (Lipinski definition) is 3. The van der Waals surface area contributed by atoms with Gasteiger partial charge in [-0.25, -0.2) is 4.39 Å². The highest BCUT2D eigenvalue weighted by atomic mass is 32.2. The number of carbonyl (C=O) groups excluding carboxylic acids is 3. The van der Waals surface area contributed by atoms with Crippen LogP contribution in [0.2, 0.25) is 0 Å². The molecule has 0 saturated carbocycles. The SMILES string of the molecule is COc1cc(OC)c(OC)cc1/C=C(/NC(=O)c1ccccc1)C(=O)Nc1cccc(SC(C(=O)Nc2ccc(F)cc2)c2ccccc2)c1. The van der Waals surface area contributed by atoms with Gasteiger partial charge < -0.3 is 30.2 Å². The third-order valence-corrected chi connectivity index (χ3v) is 8.61. The minimum Gasteiger partial charge on any atom is -0.496 e. The largest absolute Gasteiger partial charge is 0.496 e. The van der Waals surface area contributed by atoms with Crippen molar-refractivity contribution in [2.45, 2.75) is 10.1 Å². The van der Waals surface area contributed by atoms with Gasteiger partial charge in [0.25, 0.3) is 11.8 Å². The number of amides is 3. The van der Waals surface area contributed by atoms with Crippen LogP contribution in [0.3, 0.4) is 0 Å². The second-order valence-electron chi connectivity index (χ2n) is 10.7. The monoisotopic (exact) mass is 691 g/mol. The minimum absolute atomic E-state index is 0.0664. The van der Waals surface area contributed by atoms with Crippen molar-refractivity contribution in [3.05, 3.63) is 150 Å². The summed E-state index contributed by atoms with van der Waals surface area (Å²) in [5.74, 6) is -0.608. The maximum atomic E-state index is 13.9. The summed E-state index contributed by atoms with van der Waals surface area (Å²) in [5.41, 5.74) is 2.37. The van der Waals surface area contributed by atoms with Crippen molar-refractivity contribution >= 4 is 46.9 Å². The van der Waals surface area contributed by atoms with Crippen molar-refractivity contribution in [3.8, 4) is 17.2 Å². The molecule has 5 aromatic carbocycles. The second kappa shape index (κ2) is 16.8. The van der Waals surface area contributed by atoms with E-state index >= 15 is 0 Å². The fourth-order valence-electron chi connectivity index (χ4n) is 4.89. The fourth-order valence-corrected chi connectivity index (χ4v) is 5.97. The van der Waals surface area contributed by atoms with Crippen LogP contribution in [0.4, 0.5) is 15.8 Å². The number of nitrogens with one attached hydrogen (secondary N) is 3. The van der Waals surface area contributed by atoms with Crippen molar-refractivity contribution < 1.29 is 33.0 Å². The van der Waals surface area contributed by atoms with Gasteiger partial charge in [-0.3, -0.25) is 14.4 Å². The minimum atomic E-state index is -0.676. The Bertz CT molecular complexity index is 1990. The number of hydrogen-bond acceptors (Lipinski definition) is 7. The summed E-state index contributed by atoms with van der Waals surface area (Å²) in [6.45, 7) is 0. The van der Waals surface area contributed by atoms with E-state index in [9.17, 15) is 18.8 Å². The van der Waals surface area contributed by atoms with E-state index in [1.165, 1.54) is 63.4 Å². The summed E-state index contributed by atoms with van der Waals surface area (Å²) in [6.07, 6.45) is 1.49. The first-order valence-corrected chi connectivity index (χ1v) is 16.2. The van der Waals surface area contributed by atoms with Crippen molar-refractivity contribution in [1.82, 2.24) is 5.32 Å². The van der Waals surface area contributed by atoms with Gasteiger partial charge >= 0.3 is 0 Å². The molecule has 0 aliphatic heterocycles. The normalized spacial score (nSPS) is 11.6. The average molecular weight is 692 g/mol. The van der Waals surface area contributed by atoms with E-state index in [1.54, 1.807) is 60.7 Å². The molecule has 5 aromatic rings. The Morgan fingerprint density at radius 1 is 0.680 bits per heavy atom. The molecule has 3 amide bonds. The number of rotatable bonds is 13. The van der Waals surface area contributed by atoms with Crippen molar-refractivity contribution in [1.29, 1.82) is 0 Å². The highest BCUT2D eigenvalue weighted by molar-refractivity contribution is 8.00. The number of thioether (sulfide) groups is 1. The zero-order valence-corrected chi connectivity index (χ0v) is 28.3. The molecule has 0 aliphatic carbocycles. The number of methoxy groups -OCH3 is 3. The first-order chi connectivity index (χ1) is 24.3. The molecule has 3 N–H and O–H groups in total. The summed E-state index contributed by atoms with van der Waals surface area (Å²) < 4.78 is 29.9. The fraction of sp³-hybridized carbons (Fsp3) is 0.103. The third-order valence-electron chi connectivity index (χ3n) is 7.36. The molecule has 5 rings (SSSR count). The van der Waals surface area contributed by atoms with E-state index in [0.29, 0.717) is 44.6 Å². The molecule has 0 saturated heterocycles. The first kappa shape index (κ1) is 35.2. The molecule has 11 heteroatoms. The zero-order chi connectivity index (χ0) is 35.5. The predicted octanol–water partition coefficient (Wildman–Crippen LogP) is 7.73. The Kier molecular flexibility index (Phi) is 11.9. The van der Waals surface area contributed by atoms with Crippen molar-refractivity contribution in [3.63, 3.8) is 0 Å². The molecule has 254 valence electrons. The highest BCUT2D eigenvalue weighted by Crippen LogP contribution is 2.38. The Labute approximate surface area is 293 Å².